The molecule has 0 fully saturated rings. The molecule has 0 saturated carbocycles. The fourth-order valence-corrected chi connectivity index (χ4v) is 3.75. The summed E-state index contributed by atoms with van der Waals surface area (Å²) in [5.41, 5.74) is 1.10. The Morgan fingerprint density at radius 1 is 1.43 bits per heavy atom. The highest BCUT2D eigenvalue weighted by atomic mass is 79.9. The molecule has 2 aromatic heterocycles. The third-order valence-electron chi connectivity index (χ3n) is 2.97. The van der Waals surface area contributed by atoms with Crippen LogP contribution in [0.3, 0.4) is 0 Å². The van der Waals surface area contributed by atoms with Crippen molar-refractivity contribution >= 4 is 44.7 Å². The summed E-state index contributed by atoms with van der Waals surface area (Å²) < 4.78 is 1.12. The summed E-state index contributed by atoms with van der Waals surface area (Å²) in [6.45, 7) is 5.82. The maximum absolute atomic E-state index is 6.37. The lowest BCUT2D eigenvalue weighted by Crippen LogP contribution is -2.22. The number of aromatic nitrogens is 1. The first-order valence-corrected chi connectivity index (χ1v) is 8.82. The van der Waals surface area contributed by atoms with Crippen molar-refractivity contribution < 1.29 is 0 Å². The molecule has 0 spiro atoms. The molecule has 0 saturated heterocycles. The van der Waals surface area contributed by atoms with Crippen molar-refractivity contribution in [2.75, 3.05) is 11.9 Å². The van der Waals surface area contributed by atoms with Gasteiger partial charge in [0.1, 0.15) is 5.82 Å². The zero-order valence-electron chi connectivity index (χ0n) is 12.4. The van der Waals surface area contributed by atoms with E-state index in [0.29, 0.717) is 11.1 Å². The Bertz CT molecular complexity index is 600. The highest BCUT2D eigenvalue weighted by molar-refractivity contribution is 9.10. The van der Waals surface area contributed by atoms with Crippen LogP contribution in [0.1, 0.15) is 24.3 Å². The molecule has 0 aliphatic heterocycles. The molecule has 0 amide bonds. The summed E-state index contributed by atoms with van der Waals surface area (Å²) in [6.07, 6.45) is 1.89. The van der Waals surface area contributed by atoms with Crippen molar-refractivity contribution in [2.24, 2.45) is 0 Å². The van der Waals surface area contributed by atoms with Gasteiger partial charge in [-0.25, -0.2) is 4.98 Å². The van der Waals surface area contributed by atoms with Gasteiger partial charge >= 0.3 is 0 Å². The number of halogens is 2. The Balaban J connectivity index is 2.05. The zero-order valence-corrected chi connectivity index (χ0v) is 15.5. The van der Waals surface area contributed by atoms with Gasteiger partial charge in [-0.15, -0.1) is 11.3 Å². The summed E-state index contributed by atoms with van der Waals surface area (Å²) in [5, 5.41) is 6.14. The lowest BCUT2D eigenvalue weighted by atomic mass is 10.2. The standard InChI is InChI=1S/C15H19BrClN3S/c1-10(2)18-6-11-4-14(17)15(19-7-11)20(3)8-13-5-12(16)9-21-13/h4-5,7,9-10,18H,6,8H2,1-3H3. The van der Waals surface area contributed by atoms with Crippen LogP contribution in [0, 0.1) is 0 Å². The average molecular weight is 389 g/mol. The molecule has 0 radical (unpaired) electrons. The first kappa shape index (κ1) is 16.7. The van der Waals surface area contributed by atoms with Crippen LogP contribution < -0.4 is 10.2 Å². The third-order valence-corrected chi connectivity index (χ3v) is 4.93. The van der Waals surface area contributed by atoms with E-state index in [1.807, 2.05) is 19.3 Å². The number of anilines is 1. The summed E-state index contributed by atoms with van der Waals surface area (Å²) in [5.74, 6) is 0.814. The SMILES string of the molecule is CC(C)NCc1cnc(N(C)Cc2cc(Br)cs2)c(Cl)c1. The fourth-order valence-electron chi connectivity index (χ4n) is 1.92. The lowest BCUT2D eigenvalue weighted by molar-refractivity contribution is 0.588. The van der Waals surface area contributed by atoms with E-state index < -0.39 is 0 Å². The van der Waals surface area contributed by atoms with E-state index in [0.717, 1.165) is 28.9 Å². The molecular weight excluding hydrogens is 370 g/mol. The fraction of sp³-hybridized carbons (Fsp3) is 0.400. The molecule has 3 nitrogen and oxygen atoms in total. The molecule has 6 heteroatoms. The number of nitrogens with zero attached hydrogens (tertiary/aromatic N) is 2. The minimum absolute atomic E-state index is 0.448. The van der Waals surface area contributed by atoms with Gasteiger partial charge in [-0.2, -0.15) is 0 Å². The van der Waals surface area contributed by atoms with Crippen molar-refractivity contribution in [2.45, 2.75) is 33.0 Å². The van der Waals surface area contributed by atoms with Crippen LogP contribution in [0.5, 0.6) is 0 Å². The smallest absolute Gasteiger partial charge is 0.147 e. The molecule has 0 bridgehead atoms. The maximum atomic E-state index is 6.37. The van der Waals surface area contributed by atoms with Gasteiger partial charge in [-0.05, 0) is 33.6 Å². The van der Waals surface area contributed by atoms with Crippen molar-refractivity contribution in [1.29, 1.82) is 0 Å². The Hall–Kier alpha value is -0.620. The van der Waals surface area contributed by atoms with Gasteiger partial charge < -0.3 is 10.2 Å². The monoisotopic (exact) mass is 387 g/mol. The summed E-state index contributed by atoms with van der Waals surface area (Å²) in [4.78, 5) is 7.85. The van der Waals surface area contributed by atoms with Crippen LogP contribution in [0.15, 0.2) is 28.2 Å². The van der Waals surface area contributed by atoms with Gasteiger partial charge in [-0.3, -0.25) is 0 Å². The van der Waals surface area contributed by atoms with Crippen LogP contribution in [0.4, 0.5) is 5.82 Å². The van der Waals surface area contributed by atoms with E-state index in [9.17, 15) is 0 Å². The van der Waals surface area contributed by atoms with Crippen LogP contribution in [0.2, 0.25) is 5.02 Å². The molecule has 2 aromatic rings. The van der Waals surface area contributed by atoms with Crippen molar-refractivity contribution in [1.82, 2.24) is 10.3 Å². The second-order valence-corrected chi connectivity index (χ2v) is 7.59. The number of rotatable bonds is 6. The van der Waals surface area contributed by atoms with E-state index in [-0.39, 0.29) is 0 Å². The van der Waals surface area contributed by atoms with Crippen LogP contribution in [0.25, 0.3) is 0 Å². The van der Waals surface area contributed by atoms with Gasteiger partial charge in [0.2, 0.25) is 0 Å². The highest BCUT2D eigenvalue weighted by Crippen LogP contribution is 2.27. The van der Waals surface area contributed by atoms with Gasteiger partial charge in [0.25, 0.3) is 0 Å². The second-order valence-electron chi connectivity index (χ2n) is 5.27. The van der Waals surface area contributed by atoms with E-state index >= 15 is 0 Å². The van der Waals surface area contributed by atoms with Crippen molar-refractivity contribution in [3.05, 3.63) is 43.6 Å². The maximum Gasteiger partial charge on any atom is 0.147 e. The molecule has 2 heterocycles. The highest BCUT2D eigenvalue weighted by Gasteiger charge is 2.10. The number of nitrogens with one attached hydrogen (secondary N) is 1. The normalized spacial score (nSPS) is 11.1. The summed E-state index contributed by atoms with van der Waals surface area (Å²) in [6, 6.07) is 4.55. The average Bonchev–Trinajstić information content (AvgIpc) is 2.81. The predicted octanol–water partition coefficient (Wildman–Crippen LogP) is 4.69. The number of hydrogen-bond acceptors (Lipinski definition) is 4. The van der Waals surface area contributed by atoms with E-state index in [2.05, 4.69) is 56.4 Å². The van der Waals surface area contributed by atoms with E-state index in [1.165, 1.54) is 4.88 Å². The van der Waals surface area contributed by atoms with Crippen LogP contribution >= 0.6 is 38.9 Å². The van der Waals surface area contributed by atoms with Gasteiger partial charge in [0.15, 0.2) is 0 Å². The third kappa shape index (κ3) is 4.95. The minimum atomic E-state index is 0.448. The lowest BCUT2D eigenvalue weighted by Gasteiger charge is -2.19. The van der Waals surface area contributed by atoms with Gasteiger partial charge in [0.05, 0.1) is 11.6 Å². The molecule has 0 aliphatic carbocycles. The predicted molar refractivity (Wildman–Crippen MR) is 95.3 cm³/mol. The van der Waals surface area contributed by atoms with Gasteiger partial charge in [-0.1, -0.05) is 25.4 Å². The van der Waals surface area contributed by atoms with Crippen molar-refractivity contribution in [3.63, 3.8) is 0 Å². The molecule has 2 rings (SSSR count). The summed E-state index contributed by atoms with van der Waals surface area (Å²) in [7, 11) is 2.01. The quantitative estimate of drug-likeness (QED) is 0.778. The molecule has 1 N–H and O–H groups in total. The molecule has 0 unspecified atom stereocenters. The van der Waals surface area contributed by atoms with Crippen LogP contribution in [-0.4, -0.2) is 18.1 Å². The minimum Gasteiger partial charge on any atom is -0.353 e. The molecule has 21 heavy (non-hydrogen) atoms. The van der Waals surface area contributed by atoms with E-state index in [1.54, 1.807) is 11.3 Å². The number of thiophene rings is 1. The van der Waals surface area contributed by atoms with Crippen molar-refractivity contribution in [3.8, 4) is 0 Å². The van der Waals surface area contributed by atoms with Gasteiger partial charge in [0, 0.05) is 40.6 Å². The Morgan fingerprint density at radius 3 is 2.76 bits per heavy atom. The molecular formula is C15H19BrClN3S. The Morgan fingerprint density at radius 2 is 2.19 bits per heavy atom. The Labute approximate surface area is 143 Å². The van der Waals surface area contributed by atoms with Crippen LogP contribution in [-0.2, 0) is 13.1 Å². The molecule has 0 aliphatic rings. The zero-order chi connectivity index (χ0) is 15.4. The first-order valence-electron chi connectivity index (χ1n) is 6.77. The molecule has 0 atom stereocenters. The Kier molecular flexibility index (Phi) is 6.05. The molecule has 0 aromatic carbocycles. The molecule has 114 valence electrons. The van der Waals surface area contributed by atoms with E-state index in [4.69, 9.17) is 11.6 Å². The largest absolute Gasteiger partial charge is 0.353 e. The second kappa shape index (κ2) is 7.58. The topological polar surface area (TPSA) is 28.2 Å². The summed E-state index contributed by atoms with van der Waals surface area (Å²) >= 11 is 11.6. The number of hydrogen-bond donors (Lipinski definition) is 1. The first-order chi connectivity index (χ1) is 9.95. The number of pyridine rings is 1.